The molecule has 6 heteroatoms. The van der Waals surface area contributed by atoms with E-state index in [1.165, 1.54) is 24.4 Å². The second-order valence-corrected chi connectivity index (χ2v) is 3.56. The molecule has 2 rings (SSSR count). The van der Waals surface area contributed by atoms with Crippen LogP contribution in [0.25, 0.3) is 0 Å². The van der Waals surface area contributed by atoms with Crippen molar-refractivity contribution in [1.82, 2.24) is 4.98 Å². The minimum atomic E-state index is -1.03. The minimum Gasteiger partial charge on any atom is -0.399 e. The number of nitrogens with one attached hydrogen (secondary N) is 1. The summed E-state index contributed by atoms with van der Waals surface area (Å²) >= 11 is 0. The first-order chi connectivity index (χ1) is 8.56. The van der Waals surface area contributed by atoms with Crippen molar-refractivity contribution in [2.75, 3.05) is 11.1 Å². The van der Waals surface area contributed by atoms with E-state index in [-0.39, 0.29) is 11.4 Å². The number of amides is 1. The number of carbonyl (C=O) groups is 1. The van der Waals surface area contributed by atoms with Crippen molar-refractivity contribution in [1.29, 1.82) is 0 Å². The van der Waals surface area contributed by atoms with Gasteiger partial charge in [-0.3, -0.25) is 9.78 Å². The van der Waals surface area contributed by atoms with Crippen molar-refractivity contribution in [2.45, 2.75) is 0 Å². The largest absolute Gasteiger partial charge is 0.399 e. The van der Waals surface area contributed by atoms with Gasteiger partial charge < -0.3 is 11.1 Å². The minimum absolute atomic E-state index is 0.0970. The van der Waals surface area contributed by atoms with Crippen molar-refractivity contribution in [2.24, 2.45) is 0 Å². The number of anilines is 2. The summed E-state index contributed by atoms with van der Waals surface area (Å²) in [5.74, 6) is -2.56. The molecule has 18 heavy (non-hydrogen) atoms. The van der Waals surface area contributed by atoms with Crippen LogP contribution in [-0.4, -0.2) is 10.9 Å². The highest BCUT2D eigenvalue weighted by Gasteiger charge is 2.09. The maximum absolute atomic E-state index is 12.9. The Kier molecular flexibility index (Phi) is 3.18. The Bertz CT molecular complexity index is 602. The van der Waals surface area contributed by atoms with E-state index in [1.54, 1.807) is 0 Å². The van der Waals surface area contributed by atoms with Crippen LogP contribution in [0.1, 0.15) is 10.5 Å². The molecule has 4 nitrogen and oxygen atoms in total. The van der Waals surface area contributed by atoms with Gasteiger partial charge in [-0.15, -0.1) is 0 Å². The first-order valence-corrected chi connectivity index (χ1v) is 5.04. The summed E-state index contributed by atoms with van der Waals surface area (Å²) in [5, 5.41) is 2.39. The second kappa shape index (κ2) is 4.79. The van der Waals surface area contributed by atoms with Gasteiger partial charge in [-0.05, 0) is 24.3 Å². The number of nitrogens with two attached hydrogens (primary N) is 1. The molecule has 0 fully saturated rings. The van der Waals surface area contributed by atoms with Crippen molar-refractivity contribution in [3.8, 4) is 0 Å². The molecule has 0 saturated heterocycles. The molecule has 0 unspecified atom stereocenters. The molecule has 2 aromatic rings. The summed E-state index contributed by atoms with van der Waals surface area (Å²) in [7, 11) is 0. The smallest absolute Gasteiger partial charge is 0.274 e. The molecule has 92 valence electrons. The van der Waals surface area contributed by atoms with Gasteiger partial charge in [-0.1, -0.05) is 0 Å². The monoisotopic (exact) mass is 249 g/mol. The van der Waals surface area contributed by atoms with Gasteiger partial charge in [0.05, 0.1) is 0 Å². The zero-order valence-electron chi connectivity index (χ0n) is 9.15. The fourth-order valence-corrected chi connectivity index (χ4v) is 1.34. The number of aromatic nitrogens is 1. The van der Waals surface area contributed by atoms with E-state index in [4.69, 9.17) is 5.73 Å². The zero-order chi connectivity index (χ0) is 13.1. The quantitative estimate of drug-likeness (QED) is 0.857. The highest BCUT2D eigenvalue weighted by atomic mass is 19.2. The average Bonchev–Trinajstić information content (AvgIpc) is 2.34. The van der Waals surface area contributed by atoms with Gasteiger partial charge in [0.25, 0.3) is 5.91 Å². The Morgan fingerprint density at radius 3 is 2.61 bits per heavy atom. The number of benzene rings is 1. The first-order valence-electron chi connectivity index (χ1n) is 5.04. The summed E-state index contributed by atoms with van der Waals surface area (Å²) < 4.78 is 25.6. The van der Waals surface area contributed by atoms with E-state index in [0.29, 0.717) is 5.69 Å². The molecule has 0 bridgehead atoms. The van der Waals surface area contributed by atoms with Gasteiger partial charge in [0.15, 0.2) is 11.6 Å². The van der Waals surface area contributed by atoms with Gasteiger partial charge in [0, 0.05) is 23.6 Å². The van der Waals surface area contributed by atoms with Crippen LogP contribution < -0.4 is 11.1 Å². The molecule has 0 radical (unpaired) electrons. The Hall–Kier alpha value is -2.50. The predicted molar refractivity (Wildman–Crippen MR) is 63.0 cm³/mol. The molecular weight excluding hydrogens is 240 g/mol. The number of pyridine rings is 1. The molecule has 0 aliphatic rings. The van der Waals surface area contributed by atoms with Crippen molar-refractivity contribution in [3.05, 3.63) is 53.9 Å². The first kappa shape index (κ1) is 12.0. The maximum atomic E-state index is 12.9. The fourth-order valence-electron chi connectivity index (χ4n) is 1.34. The van der Waals surface area contributed by atoms with Crippen LogP contribution in [0.15, 0.2) is 36.5 Å². The highest BCUT2D eigenvalue weighted by Crippen LogP contribution is 2.14. The molecular formula is C12H9F2N3O. The van der Waals surface area contributed by atoms with Gasteiger partial charge in [0.1, 0.15) is 5.69 Å². The number of nitrogen functional groups attached to an aromatic ring is 1. The van der Waals surface area contributed by atoms with Crippen LogP contribution in [0.3, 0.4) is 0 Å². The molecule has 0 atom stereocenters. The molecule has 0 aliphatic heterocycles. The van der Waals surface area contributed by atoms with Crippen molar-refractivity contribution in [3.63, 3.8) is 0 Å². The summed E-state index contributed by atoms with van der Waals surface area (Å²) in [5.41, 5.74) is 6.13. The Morgan fingerprint density at radius 2 is 1.94 bits per heavy atom. The molecule has 1 amide bonds. The van der Waals surface area contributed by atoms with Crippen molar-refractivity contribution < 1.29 is 13.6 Å². The summed E-state index contributed by atoms with van der Waals surface area (Å²) in [6, 6.07) is 5.99. The molecule has 0 aliphatic carbocycles. The molecule has 1 heterocycles. The number of hydrogen-bond acceptors (Lipinski definition) is 3. The summed E-state index contributed by atoms with van der Waals surface area (Å²) in [6.45, 7) is 0. The van der Waals surface area contributed by atoms with Gasteiger partial charge in [-0.25, -0.2) is 8.78 Å². The van der Waals surface area contributed by atoms with E-state index >= 15 is 0 Å². The zero-order valence-corrected chi connectivity index (χ0v) is 9.15. The molecule has 3 N–H and O–H groups in total. The standard InChI is InChI=1S/C12H9F2N3O/c13-9-2-1-8(6-10(9)14)17-12(18)11-5-7(15)3-4-16-11/h1-6H,(H2,15,16)(H,17,18). The Labute approximate surface area is 101 Å². The second-order valence-electron chi connectivity index (χ2n) is 3.56. The van der Waals surface area contributed by atoms with Crippen LogP contribution in [0.4, 0.5) is 20.2 Å². The Morgan fingerprint density at radius 1 is 1.17 bits per heavy atom. The third-order valence-corrected chi connectivity index (χ3v) is 2.19. The lowest BCUT2D eigenvalue weighted by Gasteiger charge is -2.05. The summed E-state index contributed by atoms with van der Waals surface area (Å²) in [4.78, 5) is 15.5. The van der Waals surface area contributed by atoms with E-state index in [2.05, 4.69) is 10.3 Å². The normalized spacial score (nSPS) is 10.1. The molecule has 1 aromatic carbocycles. The topological polar surface area (TPSA) is 68.0 Å². The van der Waals surface area contributed by atoms with Crippen LogP contribution in [0.5, 0.6) is 0 Å². The van der Waals surface area contributed by atoms with E-state index in [1.807, 2.05) is 0 Å². The van der Waals surface area contributed by atoms with Crippen LogP contribution in [0.2, 0.25) is 0 Å². The van der Waals surface area contributed by atoms with E-state index in [0.717, 1.165) is 12.1 Å². The van der Waals surface area contributed by atoms with Crippen LogP contribution in [-0.2, 0) is 0 Å². The number of carbonyl (C=O) groups excluding carboxylic acids is 1. The highest BCUT2D eigenvalue weighted by molar-refractivity contribution is 6.03. The van der Waals surface area contributed by atoms with Crippen LogP contribution >= 0.6 is 0 Å². The van der Waals surface area contributed by atoms with Crippen LogP contribution in [0, 0.1) is 11.6 Å². The number of halogens is 2. The predicted octanol–water partition coefficient (Wildman–Crippen LogP) is 2.19. The lowest BCUT2D eigenvalue weighted by Crippen LogP contribution is -2.14. The van der Waals surface area contributed by atoms with Gasteiger partial charge >= 0.3 is 0 Å². The lowest BCUT2D eigenvalue weighted by molar-refractivity contribution is 0.102. The Balaban J connectivity index is 2.18. The van der Waals surface area contributed by atoms with Gasteiger partial charge in [0.2, 0.25) is 0 Å². The maximum Gasteiger partial charge on any atom is 0.274 e. The molecule has 0 saturated carbocycles. The van der Waals surface area contributed by atoms with E-state index < -0.39 is 17.5 Å². The van der Waals surface area contributed by atoms with Gasteiger partial charge in [-0.2, -0.15) is 0 Å². The fraction of sp³-hybridized carbons (Fsp3) is 0. The average molecular weight is 249 g/mol. The number of nitrogens with zero attached hydrogens (tertiary/aromatic N) is 1. The van der Waals surface area contributed by atoms with E-state index in [9.17, 15) is 13.6 Å². The van der Waals surface area contributed by atoms with Crippen molar-refractivity contribution >= 4 is 17.3 Å². The SMILES string of the molecule is Nc1ccnc(C(=O)Nc2ccc(F)c(F)c2)c1. The molecule has 1 aromatic heterocycles. The third-order valence-electron chi connectivity index (χ3n) is 2.19. The number of rotatable bonds is 2. The third kappa shape index (κ3) is 2.60. The summed E-state index contributed by atoms with van der Waals surface area (Å²) in [6.07, 6.45) is 1.38. The number of hydrogen-bond donors (Lipinski definition) is 2. The molecule has 0 spiro atoms. The lowest BCUT2D eigenvalue weighted by atomic mass is 10.2.